The normalized spacial score (nSPS) is 10.5. The highest BCUT2D eigenvalue weighted by Crippen LogP contribution is 2.27. The molecule has 0 bridgehead atoms. The fourth-order valence-electron chi connectivity index (χ4n) is 1.44. The molecule has 0 amide bonds. The van der Waals surface area contributed by atoms with Gasteiger partial charge in [0.05, 0.1) is 11.3 Å². The number of nitrogens with zero attached hydrogens (tertiary/aromatic N) is 1. The minimum absolute atomic E-state index is 0.0910. The van der Waals surface area contributed by atoms with Crippen LogP contribution in [0.15, 0.2) is 24.4 Å². The Morgan fingerprint density at radius 3 is 2.50 bits per heavy atom. The second kappa shape index (κ2) is 3.96. The summed E-state index contributed by atoms with van der Waals surface area (Å²) in [5.41, 5.74) is 0.186. The van der Waals surface area contributed by atoms with Crippen molar-refractivity contribution in [1.82, 2.24) is 4.98 Å². The number of hydrogen-bond donors (Lipinski definition) is 0. The quantitative estimate of drug-likeness (QED) is 0.675. The Bertz CT molecular complexity index is 538. The van der Waals surface area contributed by atoms with E-state index in [1.807, 2.05) is 0 Å². The SMILES string of the molecule is Cc1c[c]cnc1-c1c(F)ccc(F)c1F. The van der Waals surface area contributed by atoms with Gasteiger partial charge < -0.3 is 0 Å². The number of rotatable bonds is 1. The standard InChI is InChI=1S/C12H7F3N/c1-7-3-2-6-16-12(7)10-8(13)4-5-9(14)11(10)15/h3-6H,1H3. The van der Waals surface area contributed by atoms with Gasteiger partial charge in [0, 0.05) is 12.3 Å². The maximum atomic E-state index is 13.5. The molecule has 1 heterocycles. The second-order valence-corrected chi connectivity index (χ2v) is 3.32. The van der Waals surface area contributed by atoms with E-state index in [4.69, 9.17) is 0 Å². The highest BCUT2D eigenvalue weighted by molar-refractivity contribution is 5.64. The smallest absolute Gasteiger partial charge is 0.171 e. The van der Waals surface area contributed by atoms with Gasteiger partial charge in [0.2, 0.25) is 0 Å². The molecule has 0 unspecified atom stereocenters. The summed E-state index contributed by atoms with van der Waals surface area (Å²) in [4.78, 5) is 3.81. The molecule has 0 aliphatic heterocycles. The molecule has 1 nitrogen and oxygen atoms in total. The van der Waals surface area contributed by atoms with Gasteiger partial charge in [0.25, 0.3) is 0 Å². The van der Waals surface area contributed by atoms with Gasteiger partial charge >= 0.3 is 0 Å². The zero-order chi connectivity index (χ0) is 11.7. The molecule has 2 aromatic rings. The Balaban J connectivity index is 2.74. The van der Waals surface area contributed by atoms with Crippen molar-refractivity contribution in [3.63, 3.8) is 0 Å². The molecule has 81 valence electrons. The van der Waals surface area contributed by atoms with Gasteiger partial charge in [-0.25, -0.2) is 13.2 Å². The van der Waals surface area contributed by atoms with E-state index in [-0.39, 0.29) is 5.69 Å². The van der Waals surface area contributed by atoms with Crippen molar-refractivity contribution in [3.05, 3.63) is 53.5 Å². The number of benzene rings is 1. The van der Waals surface area contributed by atoms with Crippen molar-refractivity contribution < 1.29 is 13.2 Å². The van der Waals surface area contributed by atoms with Crippen LogP contribution >= 0.6 is 0 Å². The predicted octanol–water partition coefficient (Wildman–Crippen LogP) is 3.27. The first-order valence-electron chi connectivity index (χ1n) is 4.58. The summed E-state index contributed by atoms with van der Waals surface area (Å²) >= 11 is 0. The first-order chi connectivity index (χ1) is 7.61. The molecule has 1 aromatic heterocycles. The van der Waals surface area contributed by atoms with E-state index in [1.54, 1.807) is 6.92 Å². The van der Waals surface area contributed by atoms with Crippen LogP contribution in [0, 0.1) is 30.4 Å². The van der Waals surface area contributed by atoms with Crippen molar-refractivity contribution in [2.45, 2.75) is 6.92 Å². The Labute approximate surface area is 90.6 Å². The summed E-state index contributed by atoms with van der Waals surface area (Å²) in [6.45, 7) is 1.63. The summed E-state index contributed by atoms with van der Waals surface area (Å²) in [5, 5.41) is 0. The second-order valence-electron chi connectivity index (χ2n) is 3.32. The molecule has 1 radical (unpaired) electrons. The molecule has 4 heteroatoms. The topological polar surface area (TPSA) is 12.9 Å². The molecule has 0 N–H and O–H groups in total. The third-order valence-corrected chi connectivity index (χ3v) is 2.22. The predicted molar refractivity (Wildman–Crippen MR) is 53.1 cm³/mol. The van der Waals surface area contributed by atoms with Crippen molar-refractivity contribution in [2.75, 3.05) is 0 Å². The number of pyridine rings is 1. The first kappa shape index (κ1) is 10.7. The lowest BCUT2D eigenvalue weighted by molar-refractivity contribution is 0.498. The minimum Gasteiger partial charge on any atom is -0.255 e. The molecule has 0 saturated carbocycles. The largest absolute Gasteiger partial charge is 0.255 e. The van der Waals surface area contributed by atoms with E-state index < -0.39 is 23.0 Å². The Hall–Kier alpha value is -1.84. The molecule has 2 rings (SSSR count). The number of aromatic nitrogens is 1. The fourth-order valence-corrected chi connectivity index (χ4v) is 1.44. The maximum absolute atomic E-state index is 13.5. The molecular formula is C12H7F3N. The van der Waals surface area contributed by atoms with Crippen LogP contribution in [0.5, 0.6) is 0 Å². The maximum Gasteiger partial charge on any atom is 0.171 e. The average molecular weight is 222 g/mol. The molecule has 0 spiro atoms. The zero-order valence-electron chi connectivity index (χ0n) is 8.39. The number of aryl methyl sites for hydroxylation is 1. The van der Waals surface area contributed by atoms with Crippen LogP contribution in [-0.4, -0.2) is 4.98 Å². The van der Waals surface area contributed by atoms with Gasteiger partial charge in [-0.3, -0.25) is 4.98 Å². The van der Waals surface area contributed by atoms with Gasteiger partial charge in [0.15, 0.2) is 11.6 Å². The van der Waals surface area contributed by atoms with E-state index in [0.29, 0.717) is 5.56 Å². The summed E-state index contributed by atoms with van der Waals surface area (Å²) in [6.07, 6.45) is 1.28. The van der Waals surface area contributed by atoms with Gasteiger partial charge in [-0.1, -0.05) is 0 Å². The summed E-state index contributed by atoms with van der Waals surface area (Å²) in [5.74, 6) is -3.15. The van der Waals surface area contributed by atoms with Crippen LogP contribution in [0.25, 0.3) is 11.3 Å². The minimum atomic E-state index is -1.22. The third-order valence-electron chi connectivity index (χ3n) is 2.22. The Kier molecular flexibility index (Phi) is 2.64. The molecule has 16 heavy (non-hydrogen) atoms. The van der Waals surface area contributed by atoms with Crippen LogP contribution < -0.4 is 0 Å². The number of hydrogen-bond acceptors (Lipinski definition) is 1. The van der Waals surface area contributed by atoms with E-state index in [9.17, 15) is 13.2 Å². The molecule has 0 atom stereocenters. The molecule has 0 saturated heterocycles. The Morgan fingerprint density at radius 2 is 1.81 bits per heavy atom. The summed E-state index contributed by atoms with van der Waals surface area (Å²) < 4.78 is 39.9. The lowest BCUT2D eigenvalue weighted by Gasteiger charge is -2.07. The van der Waals surface area contributed by atoms with Crippen LogP contribution in [0.4, 0.5) is 13.2 Å². The lowest BCUT2D eigenvalue weighted by Crippen LogP contribution is -1.97. The highest BCUT2D eigenvalue weighted by Gasteiger charge is 2.17. The van der Waals surface area contributed by atoms with Gasteiger partial charge in [-0.15, -0.1) is 0 Å². The first-order valence-corrected chi connectivity index (χ1v) is 4.58. The van der Waals surface area contributed by atoms with Crippen LogP contribution in [0.2, 0.25) is 0 Å². The van der Waals surface area contributed by atoms with Crippen LogP contribution in [-0.2, 0) is 0 Å². The molecule has 0 aliphatic rings. The lowest BCUT2D eigenvalue weighted by atomic mass is 10.1. The van der Waals surface area contributed by atoms with Crippen LogP contribution in [0.1, 0.15) is 5.56 Å². The van der Waals surface area contributed by atoms with Gasteiger partial charge in [0.1, 0.15) is 5.82 Å². The zero-order valence-corrected chi connectivity index (χ0v) is 8.39. The molecule has 1 aromatic carbocycles. The van der Waals surface area contributed by atoms with E-state index in [2.05, 4.69) is 11.1 Å². The number of halogens is 3. The van der Waals surface area contributed by atoms with Gasteiger partial charge in [-0.2, -0.15) is 0 Å². The molecule has 0 fully saturated rings. The van der Waals surface area contributed by atoms with E-state index in [1.165, 1.54) is 12.3 Å². The fraction of sp³-hybridized carbons (Fsp3) is 0.0833. The van der Waals surface area contributed by atoms with Crippen molar-refractivity contribution >= 4 is 0 Å². The third kappa shape index (κ3) is 1.66. The highest BCUT2D eigenvalue weighted by atomic mass is 19.2. The van der Waals surface area contributed by atoms with Crippen molar-refractivity contribution in [2.24, 2.45) is 0 Å². The summed E-state index contributed by atoms with van der Waals surface area (Å²) in [7, 11) is 0. The van der Waals surface area contributed by atoms with E-state index >= 15 is 0 Å². The monoisotopic (exact) mass is 222 g/mol. The summed E-state index contributed by atoms with van der Waals surface area (Å²) in [6, 6.07) is 5.84. The Morgan fingerprint density at radius 1 is 1.12 bits per heavy atom. The molecular weight excluding hydrogens is 215 g/mol. The van der Waals surface area contributed by atoms with Crippen molar-refractivity contribution in [1.29, 1.82) is 0 Å². The molecule has 0 aliphatic carbocycles. The van der Waals surface area contributed by atoms with Crippen LogP contribution in [0.3, 0.4) is 0 Å². The van der Waals surface area contributed by atoms with E-state index in [0.717, 1.165) is 12.1 Å². The van der Waals surface area contributed by atoms with Gasteiger partial charge in [-0.05, 0) is 30.7 Å². The average Bonchev–Trinajstić information content (AvgIpc) is 2.27. The van der Waals surface area contributed by atoms with Crippen molar-refractivity contribution in [3.8, 4) is 11.3 Å².